The fraction of sp³-hybridized carbons (Fsp3) is 0.500. The number of rotatable bonds is 4. The average Bonchev–Trinajstić information content (AvgIpc) is 2.96. The SMILES string of the molecule is Cc1nccc([C@@H]2CCCN2Cc2cnc(N(C)C)nc2)n1. The lowest BCUT2D eigenvalue weighted by Crippen LogP contribution is -2.24. The Morgan fingerprint density at radius 2 is 2.00 bits per heavy atom. The standard InChI is InChI=1S/C16H22N6/c1-12-17-7-6-14(20-12)15-5-4-8-22(15)11-13-9-18-16(19-10-13)21(2)3/h6-7,9-10,15H,4-5,8,11H2,1-3H3/t15-/m0/s1. The zero-order valence-electron chi connectivity index (χ0n) is 13.4. The number of nitrogens with zero attached hydrogens (tertiary/aromatic N) is 6. The first kappa shape index (κ1) is 14.8. The van der Waals surface area contributed by atoms with Gasteiger partial charge in [0.25, 0.3) is 0 Å². The number of aromatic nitrogens is 4. The summed E-state index contributed by atoms with van der Waals surface area (Å²) in [5, 5.41) is 0. The molecule has 0 aliphatic carbocycles. The summed E-state index contributed by atoms with van der Waals surface area (Å²) in [7, 11) is 3.89. The van der Waals surface area contributed by atoms with Gasteiger partial charge in [-0.25, -0.2) is 19.9 Å². The Bertz CT molecular complexity index is 625. The van der Waals surface area contributed by atoms with Crippen molar-refractivity contribution in [2.45, 2.75) is 32.4 Å². The highest BCUT2D eigenvalue weighted by molar-refractivity contribution is 5.26. The van der Waals surface area contributed by atoms with Crippen LogP contribution in [-0.2, 0) is 6.54 Å². The van der Waals surface area contributed by atoms with Crippen LogP contribution in [-0.4, -0.2) is 45.5 Å². The smallest absolute Gasteiger partial charge is 0.224 e. The Morgan fingerprint density at radius 1 is 1.23 bits per heavy atom. The minimum absolute atomic E-state index is 0.371. The zero-order chi connectivity index (χ0) is 15.5. The van der Waals surface area contributed by atoms with E-state index in [1.807, 2.05) is 50.6 Å². The second-order valence-corrected chi connectivity index (χ2v) is 5.94. The van der Waals surface area contributed by atoms with Gasteiger partial charge in [-0.05, 0) is 32.4 Å². The van der Waals surface area contributed by atoms with Crippen molar-refractivity contribution < 1.29 is 0 Å². The maximum atomic E-state index is 4.59. The van der Waals surface area contributed by atoms with Crippen molar-refractivity contribution in [2.75, 3.05) is 25.5 Å². The molecule has 3 rings (SSSR count). The van der Waals surface area contributed by atoms with Gasteiger partial charge in [-0.1, -0.05) is 0 Å². The van der Waals surface area contributed by atoms with E-state index in [2.05, 4.69) is 24.8 Å². The largest absolute Gasteiger partial charge is 0.347 e. The van der Waals surface area contributed by atoms with E-state index in [0.717, 1.165) is 42.5 Å². The van der Waals surface area contributed by atoms with E-state index in [9.17, 15) is 0 Å². The van der Waals surface area contributed by atoms with E-state index in [1.165, 1.54) is 6.42 Å². The molecule has 22 heavy (non-hydrogen) atoms. The maximum absolute atomic E-state index is 4.59. The van der Waals surface area contributed by atoms with Gasteiger partial charge >= 0.3 is 0 Å². The van der Waals surface area contributed by atoms with Crippen LogP contribution in [0.1, 0.15) is 36.0 Å². The Labute approximate surface area is 131 Å². The van der Waals surface area contributed by atoms with E-state index in [4.69, 9.17) is 0 Å². The fourth-order valence-electron chi connectivity index (χ4n) is 2.91. The Morgan fingerprint density at radius 3 is 2.68 bits per heavy atom. The molecule has 0 spiro atoms. The summed E-state index contributed by atoms with van der Waals surface area (Å²) in [5.74, 6) is 1.58. The fourth-order valence-corrected chi connectivity index (χ4v) is 2.91. The van der Waals surface area contributed by atoms with E-state index in [1.54, 1.807) is 0 Å². The molecule has 1 atom stereocenters. The van der Waals surface area contributed by atoms with Crippen molar-refractivity contribution in [1.82, 2.24) is 24.8 Å². The summed E-state index contributed by atoms with van der Waals surface area (Å²) in [6.45, 7) is 3.89. The van der Waals surface area contributed by atoms with Gasteiger partial charge in [0.05, 0.1) is 11.7 Å². The molecule has 0 aromatic carbocycles. The molecular weight excluding hydrogens is 276 g/mol. The lowest BCUT2D eigenvalue weighted by Gasteiger charge is -2.24. The van der Waals surface area contributed by atoms with Crippen molar-refractivity contribution in [3.63, 3.8) is 0 Å². The lowest BCUT2D eigenvalue weighted by atomic mass is 10.1. The van der Waals surface area contributed by atoms with Crippen LogP contribution in [0.4, 0.5) is 5.95 Å². The van der Waals surface area contributed by atoms with Crippen LogP contribution < -0.4 is 4.90 Å². The Hall–Kier alpha value is -2.08. The summed E-state index contributed by atoms with van der Waals surface area (Å²) < 4.78 is 0. The molecule has 0 radical (unpaired) electrons. The van der Waals surface area contributed by atoms with Crippen LogP contribution in [0.25, 0.3) is 0 Å². The highest BCUT2D eigenvalue weighted by Gasteiger charge is 2.27. The van der Waals surface area contributed by atoms with Gasteiger partial charge in [0.15, 0.2) is 0 Å². The number of anilines is 1. The third-order valence-electron chi connectivity index (χ3n) is 3.98. The quantitative estimate of drug-likeness (QED) is 0.860. The van der Waals surface area contributed by atoms with Gasteiger partial charge in [-0.3, -0.25) is 4.90 Å². The lowest BCUT2D eigenvalue weighted by molar-refractivity contribution is 0.243. The van der Waals surface area contributed by atoms with Crippen LogP contribution >= 0.6 is 0 Å². The first-order valence-electron chi connectivity index (χ1n) is 7.65. The normalized spacial score (nSPS) is 18.6. The number of aryl methyl sites for hydroxylation is 1. The molecular formula is C16H22N6. The molecule has 6 nitrogen and oxygen atoms in total. The van der Waals surface area contributed by atoms with Gasteiger partial charge in [-0.15, -0.1) is 0 Å². The minimum Gasteiger partial charge on any atom is -0.347 e. The van der Waals surface area contributed by atoms with Crippen LogP contribution in [0.5, 0.6) is 0 Å². The van der Waals surface area contributed by atoms with Crippen molar-refractivity contribution in [2.24, 2.45) is 0 Å². The number of likely N-dealkylation sites (tertiary alicyclic amines) is 1. The predicted molar refractivity (Wildman–Crippen MR) is 85.5 cm³/mol. The molecule has 0 unspecified atom stereocenters. The van der Waals surface area contributed by atoms with Crippen molar-refractivity contribution in [3.05, 3.63) is 41.7 Å². The molecule has 0 bridgehead atoms. The van der Waals surface area contributed by atoms with Crippen molar-refractivity contribution in [1.29, 1.82) is 0 Å². The van der Waals surface area contributed by atoms with E-state index in [0.29, 0.717) is 6.04 Å². The van der Waals surface area contributed by atoms with Crippen LogP contribution in [0.2, 0.25) is 0 Å². The second kappa shape index (κ2) is 6.36. The first-order chi connectivity index (χ1) is 10.6. The molecule has 116 valence electrons. The highest BCUT2D eigenvalue weighted by atomic mass is 15.2. The van der Waals surface area contributed by atoms with Gasteiger partial charge in [-0.2, -0.15) is 0 Å². The number of hydrogen-bond acceptors (Lipinski definition) is 6. The summed E-state index contributed by atoms with van der Waals surface area (Å²) in [6, 6.07) is 2.40. The van der Waals surface area contributed by atoms with Gasteiger partial charge in [0.2, 0.25) is 5.95 Å². The molecule has 1 fully saturated rings. The second-order valence-electron chi connectivity index (χ2n) is 5.94. The summed E-state index contributed by atoms with van der Waals surface area (Å²) in [6.07, 6.45) is 8.03. The molecule has 0 saturated carbocycles. The van der Waals surface area contributed by atoms with Crippen molar-refractivity contribution in [3.8, 4) is 0 Å². The monoisotopic (exact) mass is 298 g/mol. The van der Waals surface area contributed by atoms with E-state index in [-0.39, 0.29) is 0 Å². The molecule has 3 heterocycles. The highest BCUT2D eigenvalue weighted by Crippen LogP contribution is 2.31. The van der Waals surface area contributed by atoms with Gasteiger partial charge in [0, 0.05) is 44.8 Å². The molecule has 1 saturated heterocycles. The first-order valence-corrected chi connectivity index (χ1v) is 7.65. The summed E-state index contributed by atoms with van der Waals surface area (Å²) in [5.41, 5.74) is 2.26. The molecule has 1 aliphatic rings. The minimum atomic E-state index is 0.371. The maximum Gasteiger partial charge on any atom is 0.224 e. The average molecular weight is 298 g/mol. The van der Waals surface area contributed by atoms with Crippen LogP contribution in [0.15, 0.2) is 24.7 Å². The van der Waals surface area contributed by atoms with Crippen LogP contribution in [0.3, 0.4) is 0 Å². The van der Waals surface area contributed by atoms with E-state index >= 15 is 0 Å². The van der Waals surface area contributed by atoms with Gasteiger partial charge in [0.1, 0.15) is 5.82 Å². The predicted octanol–water partition coefficient (Wildman–Crippen LogP) is 1.98. The molecule has 6 heteroatoms. The van der Waals surface area contributed by atoms with Crippen LogP contribution in [0, 0.1) is 6.92 Å². The molecule has 1 aliphatic heterocycles. The number of hydrogen-bond donors (Lipinski definition) is 0. The third-order valence-corrected chi connectivity index (χ3v) is 3.98. The molecule has 0 N–H and O–H groups in total. The molecule has 2 aromatic heterocycles. The van der Waals surface area contributed by atoms with E-state index < -0.39 is 0 Å². The Balaban J connectivity index is 1.73. The molecule has 2 aromatic rings. The third kappa shape index (κ3) is 3.22. The summed E-state index contributed by atoms with van der Waals surface area (Å²) in [4.78, 5) is 21.9. The van der Waals surface area contributed by atoms with Crippen molar-refractivity contribution >= 4 is 5.95 Å². The summed E-state index contributed by atoms with van der Waals surface area (Å²) >= 11 is 0. The zero-order valence-corrected chi connectivity index (χ0v) is 13.4. The topological polar surface area (TPSA) is 58.0 Å². The van der Waals surface area contributed by atoms with Gasteiger partial charge < -0.3 is 4.90 Å². The Kier molecular flexibility index (Phi) is 4.29. The molecule has 0 amide bonds.